The predicted molar refractivity (Wildman–Crippen MR) is 51.6 cm³/mol. The first kappa shape index (κ1) is 12.1. The summed E-state index contributed by atoms with van der Waals surface area (Å²) in [5, 5.41) is 19.8. The zero-order valence-corrected chi connectivity index (χ0v) is 8.73. The molecule has 0 fully saturated rings. The van der Waals surface area contributed by atoms with E-state index in [1.54, 1.807) is 0 Å². The van der Waals surface area contributed by atoms with E-state index in [1.165, 1.54) is 14.0 Å². The molecular formula is C8H11N3O5. The van der Waals surface area contributed by atoms with E-state index < -0.39 is 28.9 Å². The van der Waals surface area contributed by atoms with Crippen LogP contribution >= 0.6 is 0 Å². The Kier molecular flexibility index (Phi) is 3.56. The maximum Gasteiger partial charge on any atom is 0.381 e. The number of rotatable bonds is 4. The Balaban J connectivity index is 3.02. The first-order chi connectivity index (χ1) is 7.47. The fraction of sp³-hybridized carbons (Fsp3) is 0.500. The van der Waals surface area contributed by atoms with Gasteiger partial charge in [-0.3, -0.25) is 4.57 Å². The van der Waals surface area contributed by atoms with Crippen LogP contribution in [0.15, 0.2) is 12.5 Å². The summed E-state index contributed by atoms with van der Waals surface area (Å²) in [6.07, 6.45) is 1.13. The number of imidazole rings is 1. The van der Waals surface area contributed by atoms with Crippen molar-refractivity contribution in [1.82, 2.24) is 9.55 Å². The van der Waals surface area contributed by atoms with Crippen LogP contribution in [0.4, 0.5) is 5.82 Å². The molecule has 8 heteroatoms. The summed E-state index contributed by atoms with van der Waals surface area (Å²) in [6.45, 7) is 1.38. The second-order valence-corrected chi connectivity index (χ2v) is 3.14. The van der Waals surface area contributed by atoms with E-state index in [0.717, 1.165) is 17.1 Å². The van der Waals surface area contributed by atoms with Gasteiger partial charge in [0.2, 0.25) is 6.33 Å². The van der Waals surface area contributed by atoms with E-state index in [4.69, 9.17) is 0 Å². The molecule has 2 unspecified atom stereocenters. The number of carbonyl (C=O) groups is 1. The van der Waals surface area contributed by atoms with Gasteiger partial charge in [0.05, 0.1) is 13.2 Å². The molecule has 88 valence electrons. The summed E-state index contributed by atoms with van der Waals surface area (Å²) in [5.74, 6) is -1.09. The minimum Gasteiger partial charge on any atom is -0.467 e. The zero-order chi connectivity index (χ0) is 12.3. The number of nitrogens with zero attached hydrogens (tertiary/aromatic N) is 3. The molecular weight excluding hydrogens is 218 g/mol. The molecule has 0 aliphatic carbocycles. The van der Waals surface area contributed by atoms with Crippen LogP contribution < -0.4 is 0 Å². The van der Waals surface area contributed by atoms with Crippen molar-refractivity contribution in [3.63, 3.8) is 0 Å². The van der Waals surface area contributed by atoms with E-state index in [2.05, 4.69) is 9.72 Å². The molecule has 0 aromatic carbocycles. The van der Waals surface area contributed by atoms with Crippen molar-refractivity contribution in [2.45, 2.75) is 19.1 Å². The van der Waals surface area contributed by atoms with Crippen molar-refractivity contribution in [3.05, 3.63) is 22.6 Å². The standard InChI is InChI=1S/C8H11N3O5/c1-5(12)7(8(13)16-2)10-3-6(9-4-10)11(14)15/h3-5,7,12H,1-2H3. The molecule has 8 nitrogen and oxygen atoms in total. The maximum atomic E-state index is 11.3. The SMILES string of the molecule is COC(=O)C(C(C)O)n1cnc([N+](=O)[O-])c1. The monoisotopic (exact) mass is 229 g/mol. The molecule has 16 heavy (non-hydrogen) atoms. The average Bonchev–Trinajstić information content (AvgIpc) is 2.66. The number of aromatic nitrogens is 2. The van der Waals surface area contributed by atoms with Gasteiger partial charge in [0.25, 0.3) is 0 Å². The van der Waals surface area contributed by atoms with Crippen LogP contribution in [0.25, 0.3) is 0 Å². The molecule has 1 aromatic rings. The van der Waals surface area contributed by atoms with Crippen LogP contribution in [-0.2, 0) is 9.53 Å². The molecule has 0 bridgehead atoms. The lowest BCUT2D eigenvalue weighted by molar-refractivity contribution is -0.389. The van der Waals surface area contributed by atoms with Gasteiger partial charge in [-0.25, -0.2) is 4.79 Å². The minimum atomic E-state index is -1.04. The highest BCUT2D eigenvalue weighted by atomic mass is 16.6. The minimum absolute atomic E-state index is 0.394. The Morgan fingerprint density at radius 2 is 2.38 bits per heavy atom. The summed E-state index contributed by atoms with van der Waals surface area (Å²) in [6, 6.07) is -1.04. The maximum absolute atomic E-state index is 11.3. The van der Waals surface area contributed by atoms with Crippen molar-refractivity contribution < 1.29 is 19.6 Å². The van der Waals surface area contributed by atoms with Gasteiger partial charge >= 0.3 is 11.8 Å². The van der Waals surface area contributed by atoms with Gasteiger partial charge in [-0.1, -0.05) is 0 Å². The number of nitro groups is 1. The van der Waals surface area contributed by atoms with E-state index >= 15 is 0 Å². The highest BCUT2D eigenvalue weighted by molar-refractivity contribution is 5.74. The first-order valence-corrected chi connectivity index (χ1v) is 4.41. The van der Waals surface area contributed by atoms with E-state index in [1.807, 2.05) is 0 Å². The molecule has 0 spiro atoms. The Bertz CT molecular complexity index is 400. The van der Waals surface area contributed by atoms with Gasteiger partial charge in [0, 0.05) is 0 Å². The summed E-state index contributed by atoms with van der Waals surface area (Å²) >= 11 is 0. The van der Waals surface area contributed by atoms with E-state index in [-0.39, 0.29) is 0 Å². The summed E-state index contributed by atoms with van der Waals surface area (Å²) in [7, 11) is 1.17. The molecule has 0 aliphatic heterocycles. The Morgan fingerprint density at radius 1 is 1.75 bits per heavy atom. The quantitative estimate of drug-likeness (QED) is 0.438. The number of carbonyl (C=O) groups excluding carboxylic acids is 1. The molecule has 0 radical (unpaired) electrons. The number of ether oxygens (including phenoxy) is 1. The fourth-order valence-corrected chi connectivity index (χ4v) is 1.26. The molecule has 0 aliphatic rings. The molecule has 0 saturated carbocycles. The third kappa shape index (κ3) is 2.34. The number of esters is 1. The number of hydrogen-bond donors (Lipinski definition) is 1. The Morgan fingerprint density at radius 3 is 2.75 bits per heavy atom. The largest absolute Gasteiger partial charge is 0.467 e. The van der Waals surface area contributed by atoms with Crippen molar-refractivity contribution in [1.29, 1.82) is 0 Å². The normalized spacial score (nSPS) is 14.2. The van der Waals surface area contributed by atoms with Crippen molar-refractivity contribution in [3.8, 4) is 0 Å². The smallest absolute Gasteiger partial charge is 0.381 e. The number of aliphatic hydroxyl groups is 1. The van der Waals surface area contributed by atoms with Crippen molar-refractivity contribution >= 4 is 11.8 Å². The molecule has 1 rings (SSSR count). The van der Waals surface area contributed by atoms with Crippen LogP contribution in [0.2, 0.25) is 0 Å². The van der Waals surface area contributed by atoms with Crippen LogP contribution in [-0.4, -0.2) is 38.8 Å². The topological polar surface area (TPSA) is 107 Å². The molecule has 0 saturated heterocycles. The summed E-state index contributed by atoms with van der Waals surface area (Å²) in [4.78, 5) is 24.5. The fourth-order valence-electron chi connectivity index (χ4n) is 1.26. The molecule has 0 amide bonds. The van der Waals surface area contributed by atoms with Crippen molar-refractivity contribution in [2.24, 2.45) is 0 Å². The molecule has 1 N–H and O–H groups in total. The lowest BCUT2D eigenvalue weighted by Gasteiger charge is -2.17. The third-order valence-electron chi connectivity index (χ3n) is 2.00. The van der Waals surface area contributed by atoms with Crippen LogP contribution in [0.5, 0.6) is 0 Å². The molecule has 1 heterocycles. The van der Waals surface area contributed by atoms with Gasteiger partial charge in [0.15, 0.2) is 6.04 Å². The Labute approximate surface area is 90.6 Å². The van der Waals surface area contributed by atoms with Crippen molar-refractivity contribution in [2.75, 3.05) is 7.11 Å². The third-order valence-corrected chi connectivity index (χ3v) is 2.00. The van der Waals surface area contributed by atoms with Crippen LogP contribution in [0.3, 0.4) is 0 Å². The number of methoxy groups -OCH3 is 1. The number of hydrogen-bond acceptors (Lipinski definition) is 6. The van der Waals surface area contributed by atoms with E-state index in [9.17, 15) is 20.0 Å². The Hall–Kier alpha value is -1.96. The lowest BCUT2D eigenvalue weighted by atomic mass is 10.2. The highest BCUT2D eigenvalue weighted by Gasteiger charge is 2.28. The van der Waals surface area contributed by atoms with Gasteiger partial charge in [-0.2, -0.15) is 0 Å². The van der Waals surface area contributed by atoms with Gasteiger partial charge in [0.1, 0.15) is 6.20 Å². The second kappa shape index (κ2) is 4.71. The molecule has 1 aromatic heterocycles. The second-order valence-electron chi connectivity index (χ2n) is 3.14. The van der Waals surface area contributed by atoms with E-state index in [0.29, 0.717) is 0 Å². The van der Waals surface area contributed by atoms with Gasteiger partial charge in [-0.05, 0) is 16.8 Å². The lowest BCUT2D eigenvalue weighted by Crippen LogP contribution is -2.29. The van der Waals surface area contributed by atoms with Gasteiger partial charge in [-0.15, -0.1) is 0 Å². The summed E-state index contributed by atoms with van der Waals surface area (Å²) in [5.41, 5.74) is 0. The summed E-state index contributed by atoms with van der Waals surface area (Å²) < 4.78 is 5.63. The zero-order valence-electron chi connectivity index (χ0n) is 8.73. The first-order valence-electron chi connectivity index (χ1n) is 4.41. The molecule has 2 atom stereocenters. The highest BCUT2D eigenvalue weighted by Crippen LogP contribution is 2.17. The van der Waals surface area contributed by atoms with Crippen LogP contribution in [0.1, 0.15) is 13.0 Å². The number of aliphatic hydroxyl groups excluding tert-OH is 1. The average molecular weight is 229 g/mol. The van der Waals surface area contributed by atoms with Gasteiger partial charge < -0.3 is 20.0 Å². The predicted octanol–water partition coefficient (Wildman–Crippen LogP) is -0.114. The van der Waals surface area contributed by atoms with Crippen LogP contribution in [0, 0.1) is 10.1 Å².